The second kappa shape index (κ2) is 4.88. The van der Waals surface area contributed by atoms with Gasteiger partial charge in [0.05, 0.1) is 31.2 Å². The normalized spacial score (nSPS) is 45.6. The zero-order chi connectivity index (χ0) is 16.6. The Labute approximate surface area is 139 Å². The highest BCUT2D eigenvalue weighted by Crippen LogP contribution is 2.58. The molecule has 4 fully saturated rings. The van der Waals surface area contributed by atoms with Crippen molar-refractivity contribution in [3.8, 4) is 0 Å². The number of aliphatic hydroxyl groups excluding tert-OH is 1. The molecule has 3 aliphatic heterocycles. The van der Waals surface area contributed by atoms with Gasteiger partial charge in [-0.25, -0.2) is 0 Å². The molecule has 0 unspecified atom stereocenters. The Bertz CT molecular complexity index is 639. The first-order valence-corrected chi connectivity index (χ1v) is 8.77. The molecule has 7 nitrogen and oxygen atoms in total. The van der Waals surface area contributed by atoms with Crippen LogP contribution in [0.4, 0.5) is 0 Å². The minimum Gasteiger partial charge on any atom is -0.390 e. The van der Waals surface area contributed by atoms with Crippen LogP contribution in [0.2, 0.25) is 0 Å². The summed E-state index contributed by atoms with van der Waals surface area (Å²) in [6.07, 6.45) is 1.73. The van der Waals surface area contributed by atoms with Crippen LogP contribution >= 0.6 is 0 Å². The van der Waals surface area contributed by atoms with Crippen LogP contribution < -0.4 is 0 Å². The molecule has 0 radical (unpaired) electrons. The maximum atomic E-state index is 12.8. The van der Waals surface area contributed by atoms with Gasteiger partial charge in [-0.2, -0.15) is 0 Å². The van der Waals surface area contributed by atoms with Crippen LogP contribution in [0.25, 0.3) is 0 Å². The van der Waals surface area contributed by atoms with E-state index in [-0.39, 0.29) is 24.0 Å². The molecule has 5 aliphatic rings. The average molecular weight is 335 g/mol. The Morgan fingerprint density at radius 1 is 1.25 bits per heavy atom. The van der Waals surface area contributed by atoms with Gasteiger partial charge in [0.2, 0.25) is 17.6 Å². The number of rotatable bonds is 1. The largest absolute Gasteiger partial charge is 0.390 e. The van der Waals surface area contributed by atoms with Gasteiger partial charge in [-0.3, -0.25) is 14.5 Å². The fourth-order valence-electron chi connectivity index (χ4n) is 5.07. The number of allylic oxidation sites excluding steroid dienone is 1. The number of fused-ring (bicyclic) bond motifs is 6. The van der Waals surface area contributed by atoms with Crippen LogP contribution in [0.15, 0.2) is 11.6 Å². The quantitative estimate of drug-likeness (QED) is 0.407. The monoisotopic (exact) mass is 335 g/mol. The van der Waals surface area contributed by atoms with E-state index in [1.165, 1.54) is 4.90 Å². The highest BCUT2D eigenvalue weighted by molar-refractivity contribution is 6.05. The number of carbonyl (C=O) groups is 2. The molecule has 7 heteroatoms. The van der Waals surface area contributed by atoms with Crippen LogP contribution in [0, 0.1) is 17.8 Å². The molecule has 1 N–H and O–H groups in total. The number of hydrogen-bond acceptors (Lipinski definition) is 6. The molecule has 0 bridgehead atoms. The summed E-state index contributed by atoms with van der Waals surface area (Å²) in [7, 11) is 0. The van der Waals surface area contributed by atoms with E-state index in [2.05, 4.69) is 0 Å². The van der Waals surface area contributed by atoms with Gasteiger partial charge >= 0.3 is 0 Å². The van der Waals surface area contributed by atoms with Crippen LogP contribution in [-0.4, -0.2) is 65.7 Å². The molecule has 0 aromatic rings. The fraction of sp³-hybridized carbons (Fsp3) is 0.765. The average Bonchev–Trinajstić information content (AvgIpc) is 3.37. The summed E-state index contributed by atoms with van der Waals surface area (Å²) in [6, 6.07) is 0. The van der Waals surface area contributed by atoms with E-state index in [1.807, 2.05) is 6.08 Å². The molecular formula is C17H21NO6. The molecule has 3 heterocycles. The Morgan fingerprint density at radius 3 is 2.71 bits per heavy atom. The highest BCUT2D eigenvalue weighted by Gasteiger charge is 2.72. The van der Waals surface area contributed by atoms with Gasteiger partial charge in [0.15, 0.2) is 0 Å². The topological polar surface area (TPSA) is 88.6 Å². The van der Waals surface area contributed by atoms with Crippen LogP contribution in [0.1, 0.15) is 19.8 Å². The first-order chi connectivity index (χ1) is 11.6. The first-order valence-electron chi connectivity index (χ1n) is 8.77. The van der Waals surface area contributed by atoms with Crippen LogP contribution in [-0.2, 0) is 23.8 Å². The van der Waals surface area contributed by atoms with Gasteiger partial charge in [-0.05, 0) is 25.3 Å². The minimum absolute atomic E-state index is 0.131. The number of carbonyl (C=O) groups excluding carboxylic acids is 2. The Kier molecular flexibility index (Phi) is 3.05. The predicted octanol–water partition coefficient (Wildman–Crippen LogP) is -0.171. The van der Waals surface area contributed by atoms with Gasteiger partial charge in [-0.1, -0.05) is 6.08 Å². The molecule has 3 saturated heterocycles. The minimum atomic E-state index is -0.985. The van der Waals surface area contributed by atoms with E-state index in [1.54, 1.807) is 6.92 Å². The lowest BCUT2D eigenvalue weighted by Gasteiger charge is -2.47. The second-order valence-electron chi connectivity index (χ2n) is 7.20. The van der Waals surface area contributed by atoms with Gasteiger partial charge in [-0.15, -0.1) is 0 Å². The zero-order valence-corrected chi connectivity index (χ0v) is 13.5. The van der Waals surface area contributed by atoms with Gasteiger partial charge in [0.25, 0.3) is 0 Å². The highest BCUT2D eigenvalue weighted by atomic mass is 16.8. The number of epoxide rings is 1. The van der Waals surface area contributed by atoms with Crippen molar-refractivity contribution < 1.29 is 28.9 Å². The molecule has 0 aromatic carbocycles. The number of amides is 2. The Morgan fingerprint density at radius 2 is 2.00 bits per heavy atom. The van der Waals surface area contributed by atoms with Gasteiger partial charge in [0.1, 0.15) is 12.2 Å². The molecule has 2 aliphatic carbocycles. The van der Waals surface area contributed by atoms with Crippen molar-refractivity contribution in [2.45, 2.75) is 43.9 Å². The number of hydrogen-bond donors (Lipinski definition) is 1. The number of ether oxygens (including phenoxy) is 3. The number of imide groups is 1. The molecule has 1 saturated carbocycles. The Balaban J connectivity index is 1.59. The number of nitrogens with zero attached hydrogens (tertiary/aromatic N) is 1. The summed E-state index contributed by atoms with van der Waals surface area (Å²) in [5, 5.41) is 10.8. The maximum absolute atomic E-state index is 12.8. The number of likely N-dealkylation sites (tertiary alicyclic amines) is 1. The second-order valence-corrected chi connectivity index (χ2v) is 7.20. The number of aliphatic hydroxyl groups is 1. The first kappa shape index (κ1) is 15.0. The van der Waals surface area contributed by atoms with Crippen LogP contribution in [0.5, 0.6) is 0 Å². The van der Waals surface area contributed by atoms with Crippen molar-refractivity contribution in [3.05, 3.63) is 11.6 Å². The third-order valence-corrected chi connectivity index (χ3v) is 6.15. The summed E-state index contributed by atoms with van der Waals surface area (Å²) in [5.41, 5.74) is 0.800. The fourth-order valence-corrected chi connectivity index (χ4v) is 5.07. The molecule has 1 spiro atoms. The lowest BCUT2D eigenvalue weighted by atomic mass is 9.64. The molecule has 24 heavy (non-hydrogen) atoms. The molecule has 2 amide bonds. The SMILES string of the molecule is CCN1C(=O)[C@@H]2[C@H]3C(=CC[C@@H]2C1=O)C1(OCCCO1)[C@H]1O[C@@H]1[C@H]3O. The molecular weight excluding hydrogens is 314 g/mol. The summed E-state index contributed by atoms with van der Waals surface area (Å²) in [5.74, 6) is -2.71. The van der Waals surface area contributed by atoms with Crippen molar-refractivity contribution >= 4 is 11.8 Å². The predicted molar refractivity (Wildman–Crippen MR) is 79.5 cm³/mol. The summed E-state index contributed by atoms with van der Waals surface area (Å²) >= 11 is 0. The smallest absolute Gasteiger partial charge is 0.233 e. The standard InChI is InChI=1S/C17H21NO6/c1-2-18-15(20)8-4-5-9-11(10(8)16(18)21)12(19)13-14(24-13)17(9)22-6-3-7-23-17/h5,8,10-14,19H,2-4,6-7H2,1H3/t8-,10-,11+,12-,13+,14-/m0/s1. The van der Waals surface area contributed by atoms with E-state index >= 15 is 0 Å². The van der Waals surface area contributed by atoms with Crippen molar-refractivity contribution in [1.82, 2.24) is 4.90 Å². The van der Waals surface area contributed by atoms with Crippen molar-refractivity contribution in [2.24, 2.45) is 17.8 Å². The van der Waals surface area contributed by atoms with E-state index in [0.717, 1.165) is 12.0 Å². The lowest BCUT2D eigenvalue weighted by Crippen LogP contribution is -2.59. The molecule has 130 valence electrons. The molecule has 0 aromatic heterocycles. The van der Waals surface area contributed by atoms with E-state index in [0.29, 0.717) is 26.2 Å². The van der Waals surface area contributed by atoms with Crippen molar-refractivity contribution in [1.29, 1.82) is 0 Å². The summed E-state index contributed by atoms with van der Waals surface area (Å²) in [4.78, 5) is 26.7. The van der Waals surface area contributed by atoms with Crippen molar-refractivity contribution in [3.63, 3.8) is 0 Å². The summed E-state index contributed by atoms with van der Waals surface area (Å²) < 4.78 is 17.7. The van der Waals surface area contributed by atoms with E-state index < -0.39 is 29.6 Å². The molecule has 6 atom stereocenters. The molecule has 5 rings (SSSR count). The lowest BCUT2D eigenvalue weighted by molar-refractivity contribution is -0.263. The van der Waals surface area contributed by atoms with Gasteiger partial charge in [0, 0.05) is 12.5 Å². The van der Waals surface area contributed by atoms with E-state index in [9.17, 15) is 14.7 Å². The van der Waals surface area contributed by atoms with E-state index in [4.69, 9.17) is 14.2 Å². The Hall–Kier alpha value is -1.28. The zero-order valence-electron chi connectivity index (χ0n) is 13.5. The summed E-state index contributed by atoms with van der Waals surface area (Å²) in [6.45, 7) is 3.29. The third kappa shape index (κ3) is 1.66. The van der Waals surface area contributed by atoms with Crippen molar-refractivity contribution in [2.75, 3.05) is 19.8 Å². The van der Waals surface area contributed by atoms with Crippen LogP contribution in [0.3, 0.4) is 0 Å². The third-order valence-electron chi connectivity index (χ3n) is 6.15. The van der Waals surface area contributed by atoms with Gasteiger partial charge < -0.3 is 19.3 Å². The maximum Gasteiger partial charge on any atom is 0.233 e.